The Hall–Kier alpha value is -1.11. The van der Waals surface area contributed by atoms with Crippen LogP contribution in [0, 0.1) is 0 Å². The number of rotatable bonds is 3. The molecule has 0 saturated carbocycles. The monoisotopic (exact) mass is 175 g/mol. The van der Waals surface area contributed by atoms with E-state index in [1.807, 2.05) is 13.1 Å². The minimum Gasteiger partial charge on any atom is -0.288 e. The molecule has 1 heteroatoms. The van der Waals surface area contributed by atoms with Crippen LogP contribution >= 0.6 is 0 Å². The molecule has 0 saturated heterocycles. The van der Waals surface area contributed by atoms with Crippen LogP contribution in [0.4, 0.5) is 0 Å². The van der Waals surface area contributed by atoms with Crippen LogP contribution in [0.15, 0.2) is 40.9 Å². The lowest BCUT2D eigenvalue weighted by molar-refractivity contribution is 0.795. The molecule has 0 aromatic carbocycles. The predicted octanol–water partition coefficient (Wildman–Crippen LogP) is 3.30. The minimum absolute atomic E-state index is 1.02. The van der Waals surface area contributed by atoms with Crippen LogP contribution in [0.2, 0.25) is 0 Å². The molecule has 1 rings (SSSR count). The van der Waals surface area contributed by atoms with Gasteiger partial charge in [0.25, 0.3) is 0 Å². The van der Waals surface area contributed by atoms with Crippen molar-refractivity contribution in [3.63, 3.8) is 0 Å². The highest BCUT2D eigenvalue weighted by molar-refractivity contribution is 6.12. The van der Waals surface area contributed by atoms with Gasteiger partial charge in [-0.05, 0) is 30.1 Å². The fourth-order valence-electron chi connectivity index (χ4n) is 1.43. The van der Waals surface area contributed by atoms with Gasteiger partial charge in [0, 0.05) is 7.05 Å². The highest BCUT2D eigenvalue weighted by Crippen LogP contribution is 2.21. The molecule has 1 aliphatic carbocycles. The zero-order chi connectivity index (χ0) is 9.68. The van der Waals surface area contributed by atoms with Crippen LogP contribution in [0.1, 0.15) is 26.2 Å². The topological polar surface area (TPSA) is 12.4 Å². The van der Waals surface area contributed by atoms with Crippen LogP contribution in [-0.2, 0) is 0 Å². The highest BCUT2D eigenvalue weighted by Gasteiger charge is 2.09. The van der Waals surface area contributed by atoms with Gasteiger partial charge in [-0.2, -0.15) is 0 Å². The zero-order valence-corrected chi connectivity index (χ0v) is 8.51. The summed E-state index contributed by atoms with van der Waals surface area (Å²) in [5.74, 6) is 0. The maximum atomic E-state index is 4.18. The molecule has 0 amide bonds. The van der Waals surface area contributed by atoms with E-state index in [1.54, 1.807) is 0 Å². The van der Waals surface area contributed by atoms with Gasteiger partial charge in [0.15, 0.2) is 0 Å². The molecule has 1 nitrogen and oxygen atoms in total. The number of aliphatic imine (C=N–C) groups is 1. The molecule has 0 bridgehead atoms. The smallest absolute Gasteiger partial charge is 0.0639 e. The first-order valence-corrected chi connectivity index (χ1v) is 4.83. The Morgan fingerprint density at radius 3 is 2.85 bits per heavy atom. The summed E-state index contributed by atoms with van der Waals surface area (Å²) in [6.07, 6.45) is 9.80. The van der Waals surface area contributed by atoms with Gasteiger partial charge in [-0.25, -0.2) is 0 Å². The number of allylic oxidation sites excluding steroid dienone is 5. The van der Waals surface area contributed by atoms with Crippen molar-refractivity contribution in [1.29, 1.82) is 0 Å². The molecule has 0 heterocycles. The molecular formula is C12H17N. The Labute approximate surface area is 80.6 Å². The van der Waals surface area contributed by atoms with E-state index in [4.69, 9.17) is 0 Å². The lowest BCUT2D eigenvalue weighted by Crippen LogP contribution is -2.04. The molecule has 0 atom stereocenters. The second-order valence-electron chi connectivity index (χ2n) is 3.24. The Morgan fingerprint density at radius 1 is 1.46 bits per heavy atom. The van der Waals surface area contributed by atoms with Gasteiger partial charge in [-0.3, -0.25) is 4.99 Å². The van der Waals surface area contributed by atoms with Crippen LogP contribution in [0.25, 0.3) is 0 Å². The molecule has 0 aromatic rings. The maximum absolute atomic E-state index is 4.18. The largest absolute Gasteiger partial charge is 0.288 e. The molecular weight excluding hydrogens is 158 g/mol. The molecule has 0 aromatic heterocycles. The van der Waals surface area contributed by atoms with Gasteiger partial charge >= 0.3 is 0 Å². The van der Waals surface area contributed by atoms with E-state index in [-0.39, 0.29) is 0 Å². The molecule has 0 unspecified atom stereocenters. The molecule has 0 spiro atoms. The third-order valence-electron chi connectivity index (χ3n) is 2.29. The molecule has 1 aliphatic rings. The molecule has 0 radical (unpaired) electrons. The third kappa shape index (κ3) is 2.41. The summed E-state index contributed by atoms with van der Waals surface area (Å²) in [6.45, 7) is 6.26. The second-order valence-corrected chi connectivity index (χ2v) is 3.24. The van der Waals surface area contributed by atoms with Crippen LogP contribution < -0.4 is 0 Å². The Bertz CT molecular complexity index is 279. The van der Waals surface area contributed by atoms with Crippen molar-refractivity contribution in [3.8, 4) is 0 Å². The fourth-order valence-corrected chi connectivity index (χ4v) is 1.43. The van der Waals surface area contributed by atoms with Gasteiger partial charge in [0.05, 0.1) is 5.71 Å². The number of hydrogen-bond acceptors (Lipinski definition) is 1. The van der Waals surface area contributed by atoms with Crippen molar-refractivity contribution >= 4 is 5.71 Å². The zero-order valence-electron chi connectivity index (χ0n) is 8.51. The number of unbranched alkanes of at least 4 members (excludes halogenated alkanes) is 1. The molecule has 0 aliphatic heterocycles. The minimum atomic E-state index is 1.02. The fraction of sp³-hybridized carbons (Fsp3) is 0.417. The summed E-state index contributed by atoms with van der Waals surface area (Å²) in [5, 5.41) is 0. The molecule has 0 fully saturated rings. The van der Waals surface area contributed by atoms with Crippen molar-refractivity contribution in [2.45, 2.75) is 26.2 Å². The molecule has 0 N–H and O–H groups in total. The summed E-state index contributed by atoms with van der Waals surface area (Å²) in [4.78, 5) is 4.18. The van der Waals surface area contributed by atoms with Crippen LogP contribution in [-0.4, -0.2) is 12.8 Å². The van der Waals surface area contributed by atoms with Gasteiger partial charge in [-0.15, -0.1) is 0 Å². The van der Waals surface area contributed by atoms with Crippen LogP contribution in [0.5, 0.6) is 0 Å². The van der Waals surface area contributed by atoms with E-state index >= 15 is 0 Å². The lowest BCUT2D eigenvalue weighted by atomic mass is 9.94. The third-order valence-corrected chi connectivity index (χ3v) is 2.29. The summed E-state index contributed by atoms with van der Waals surface area (Å²) >= 11 is 0. The Balaban J connectivity index is 2.70. The Kier molecular flexibility index (Phi) is 3.69. The summed E-state index contributed by atoms with van der Waals surface area (Å²) < 4.78 is 0. The first-order valence-electron chi connectivity index (χ1n) is 4.83. The first kappa shape index (κ1) is 9.97. The van der Waals surface area contributed by atoms with E-state index in [1.165, 1.54) is 18.4 Å². The molecule has 70 valence electrons. The van der Waals surface area contributed by atoms with E-state index in [9.17, 15) is 0 Å². The van der Waals surface area contributed by atoms with Crippen molar-refractivity contribution in [2.24, 2.45) is 4.99 Å². The quantitative estimate of drug-likeness (QED) is 0.624. The normalized spacial score (nSPS) is 19.4. The first-order chi connectivity index (χ1) is 6.29. The van der Waals surface area contributed by atoms with Crippen molar-refractivity contribution < 1.29 is 0 Å². The van der Waals surface area contributed by atoms with Crippen molar-refractivity contribution in [3.05, 3.63) is 36.0 Å². The second kappa shape index (κ2) is 4.80. The standard InChI is InChI=1S/C12H17N/c1-4-5-7-11-8-6-9-12(13-3)10(11)2/h6,8-9H,2,4-5,7H2,1,3H3. The predicted molar refractivity (Wildman–Crippen MR) is 59.2 cm³/mol. The average molecular weight is 175 g/mol. The highest BCUT2D eigenvalue weighted by atomic mass is 14.7. The molecule has 13 heavy (non-hydrogen) atoms. The van der Waals surface area contributed by atoms with Gasteiger partial charge in [0.1, 0.15) is 0 Å². The average Bonchev–Trinajstić information content (AvgIpc) is 2.16. The number of nitrogens with zero attached hydrogens (tertiary/aromatic N) is 1. The SMILES string of the molecule is C=C1C(CCCC)=CC=CC1=NC. The van der Waals surface area contributed by atoms with Crippen molar-refractivity contribution in [2.75, 3.05) is 7.05 Å². The van der Waals surface area contributed by atoms with Crippen LogP contribution in [0.3, 0.4) is 0 Å². The summed E-state index contributed by atoms with van der Waals surface area (Å²) in [5.41, 5.74) is 3.46. The van der Waals surface area contributed by atoms with E-state index < -0.39 is 0 Å². The van der Waals surface area contributed by atoms with Gasteiger partial charge < -0.3 is 0 Å². The lowest BCUT2D eigenvalue weighted by Gasteiger charge is -2.13. The summed E-state index contributed by atoms with van der Waals surface area (Å²) in [6, 6.07) is 0. The van der Waals surface area contributed by atoms with Crippen molar-refractivity contribution in [1.82, 2.24) is 0 Å². The van der Waals surface area contributed by atoms with Gasteiger partial charge in [0.2, 0.25) is 0 Å². The van der Waals surface area contributed by atoms with E-state index in [2.05, 4.69) is 30.6 Å². The van der Waals surface area contributed by atoms with Gasteiger partial charge in [-0.1, -0.05) is 32.1 Å². The summed E-state index contributed by atoms with van der Waals surface area (Å²) in [7, 11) is 1.81. The number of hydrogen-bond donors (Lipinski definition) is 0. The Morgan fingerprint density at radius 2 is 2.23 bits per heavy atom. The maximum Gasteiger partial charge on any atom is 0.0639 e. The van der Waals surface area contributed by atoms with E-state index in [0.29, 0.717) is 0 Å². The van der Waals surface area contributed by atoms with E-state index in [0.717, 1.165) is 17.7 Å².